The molecule has 0 saturated heterocycles. The molecule has 3 amide bonds. The number of aryl methyl sites for hydroxylation is 2. The second kappa shape index (κ2) is 10.6. The van der Waals surface area contributed by atoms with Gasteiger partial charge in [-0.2, -0.15) is 0 Å². The van der Waals surface area contributed by atoms with E-state index in [1.807, 2.05) is 65.0 Å². The summed E-state index contributed by atoms with van der Waals surface area (Å²) in [5, 5.41) is 8.28. The molecule has 0 aliphatic carbocycles. The van der Waals surface area contributed by atoms with Crippen LogP contribution in [0.1, 0.15) is 47.3 Å². The Morgan fingerprint density at radius 1 is 0.900 bits per heavy atom. The molecule has 2 aromatic carbocycles. The van der Waals surface area contributed by atoms with Gasteiger partial charge in [0.25, 0.3) is 5.91 Å². The monoisotopic (exact) mass is 409 g/mol. The van der Waals surface area contributed by atoms with Crippen molar-refractivity contribution in [1.82, 2.24) is 10.6 Å². The average molecular weight is 410 g/mol. The summed E-state index contributed by atoms with van der Waals surface area (Å²) >= 11 is 0. The van der Waals surface area contributed by atoms with Gasteiger partial charge in [-0.25, -0.2) is 0 Å². The van der Waals surface area contributed by atoms with Crippen LogP contribution in [0.3, 0.4) is 0 Å². The summed E-state index contributed by atoms with van der Waals surface area (Å²) in [5.41, 5.74) is 4.16. The van der Waals surface area contributed by atoms with E-state index in [0.717, 1.165) is 22.4 Å². The molecule has 2 rings (SSSR count). The van der Waals surface area contributed by atoms with Crippen molar-refractivity contribution in [1.29, 1.82) is 0 Å². The van der Waals surface area contributed by atoms with Gasteiger partial charge in [0, 0.05) is 11.3 Å². The van der Waals surface area contributed by atoms with E-state index in [9.17, 15) is 14.4 Å². The van der Waals surface area contributed by atoms with Gasteiger partial charge in [-0.05, 0) is 61.9 Å². The number of rotatable bonds is 8. The molecule has 6 heteroatoms. The van der Waals surface area contributed by atoms with Crippen LogP contribution >= 0.6 is 0 Å². The molecule has 0 fully saturated rings. The lowest BCUT2D eigenvalue weighted by Crippen LogP contribution is -2.49. The van der Waals surface area contributed by atoms with E-state index in [-0.39, 0.29) is 30.2 Å². The fourth-order valence-electron chi connectivity index (χ4n) is 3.14. The van der Waals surface area contributed by atoms with E-state index in [1.165, 1.54) is 0 Å². The van der Waals surface area contributed by atoms with E-state index in [4.69, 9.17) is 0 Å². The van der Waals surface area contributed by atoms with E-state index < -0.39 is 6.04 Å². The van der Waals surface area contributed by atoms with Crippen LogP contribution in [0.25, 0.3) is 0 Å². The van der Waals surface area contributed by atoms with Crippen molar-refractivity contribution in [3.8, 4) is 0 Å². The Labute approximate surface area is 178 Å². The molecule has 1 atom stereocenters. The van der Waals surface area contributed by atoms with Crippen LogP contribution in [0.4, 0.5) is 5.69 Å². The molecule has 0 bridgehead atoms. The number of benzene rings is 2. The van der Waals surface area contributed by atoms with Gasteiger partial charge < -0.3 is 16.0 Å². The average Bonchev–Trinajstić information content (AvgIpc) is 2.69. The highest BCUT2D eigenvalue weighted by Crippen LogP contribution is 2.17. The summed E-state index contributed by atoms with van der Waals surface area (Å²) in [6, 6.07) is 12.2. The van der Waals surface area contributed by atoms with Crippen LogP contribution in [0.5, 0.6) is 0 Å². The minimum Gasteiger partial charge on any atom is -0.345 e. The Balaban J connectivity index is 1.99. The van der Waals surface area contributed by atoms with Crippen molar-refractivity contribution in [2.45, 2.75) is 47.1 Å². The van der Waals surface area contributed by atoms with Crippen molar-refractivity contribution in [3.05, 3.63) is 64.7 Å². The standard InChI is InChI=1S/C24H31N3O3/c1-15(2)13-21(27-23(29)19-11-7-6-9-17(19)4)24(30)25-14-22(28)26-20-12-8-10-16(3)18(20)5/h6-12,15,21H,13-14H2,1-5H3,(H,25,30)(H,26,28)(H,27,29)/t21-/m0/s1. The molecule has 0 spiro atoms. The molecule has 0 aromatic heterocycles. The normalized spacial score (nSPS) is 11.7. The molecule has 0 radical (unpaired) electrons. The van der Waals surface area contributed by atoms with E-state index in [0.29, 0.717) is 12.0 Å². The van der Waals surface area contributed by atoms with Gasteiger partial charge in [0.05, 0.1) is 6.54 Å². The number of nitrogens with one attached hydrogen (secondary N) is 3. The number of amides is 3. The van der Waals surface area contributed by atoms with Crippen molar-refractivity contribution < 1.29 is 14.4 Å². The molecule has 2 aromatic rings. The summed E-state index contributed by atoms with van der Waals surface area (Å²) in [6.45, 7) is 9.55. The van der Waals surface area contributed by atoms with Crippen LogP contribution in [-0.2, 0) is 9.59 Å². The maximum Gasteiger partial charge on any atom is 0.252 e. The third kappa shape index (κ3) is 6.44. The first-order chi connectivity index (χ1) is 14.2. The van der Waals surface area contributed by atoms with Gasteiger partial charge in [0.1, 0.15) is 6.04 Å². The van der Waals surface area contributed by atoms with E-state index in [2.05, 4.69) is 16.0 Å². The minimum absolute atomic E-state index is 0.166. The largest absolute Gasteiger partial charge is 0.345 e. The highest BCUT2D eigenvalue weighted by molar-refractivity contribution is 6.00. The predicted octanol–water partition coefficient (Wildman–Crippen LogP) is 3.51. The van der Waals surface area contributed by atoms with Gasteiger partial charge in [-0.3, -0.25) is 14.4 Å². The molecule has 30 heavy (non-hydrogen) atoms. The van der Waals surface area contributed by atoms with Crippen molar-refractivity contribution in [2.75, 3.05) is 11.9 Å². The zero-order valence-corrected chi connectivity index (χ0v) is 18.3. The second-order valence-electron chi connectivity index (χ2n) is 7.98. The lowest BCUT2D eigenvalue weighted by molar-refractivity contribution is -0.125. The number of carbonyl (C=O) groups excluding carboxylic acids is 3. The Hall–Kier alpha value is -3.15. The van der Waals surface area contributed by atoms with E-state index >= 15 is 0 Å². The Kier molecular flexibility index (Phi) is 8.16. The molecular formula is C24H31N3O3. The molecule has 0 aliphatic rings. The Morgan fingerprint density at radius 2 is 1.57 bits per heavy atom. The summed E-state index contributed by atoms with van der Waals surface area (Å²) in [6.07, 6.45) is 0.474. The lowest BCUT2D eigenvalue weighted by atomic mass is 10.0. The van der Waals surface area contributed by atoms with Gasteiger partial charge in [-0.1, -0.05) is 44.2 Å². The summed E-state index contributed by atoms with van der Waals surface area (Å²) in [7, 11) is 0. The van der Waals surface area contributed by atoms with Crippen LogP contribution in [0, 0.1) is 26.7 Å². The first-order valence-electron chi connectivity index (χ1n) is 10.2. The lowest BCUT2D eigenvalue weighted by Gasteiger charge is -2.20. The molecule has 0 aliphatic heterocycles. The Morgan fingerprint density at radius 3 is 2.23 bits per heavy atom. The highest BCUT2D eigenvalue weighted by atomic mass is 16.2. The zero-order valence-electron chi connectivity index (χ0n) is 18.3. The number of hydrogen-bond donors (Lipinski definition) is 3. The molecule has 160 valence electrons. The summed E-state index contributed by atoms with van der Waals surface area (Å²) in [5.74, 6) is -0.789. The fraction of sp³-hybridized carbons (Fsp3) is 0.375. The molecule has 3 N–H and O–H groups in total. The predicted molar refractivity (Wildman–Crippen MR) is 119 cm³/mol. The Bertz CT molecular complexity index is 922. The van der Waals surface area contributed by atoms with Crippen molar-refractivity contribution >= 4 is 23.4 Å². The van der Waals surface area contributed by atoms with Crippen molar-refractivity contribution in [2.24, 2.45) is 5.92 Å². The van der Waals surface area contributed by atoms with Crippen LogP contribution in [0.15, 0.2) is 42.5 Å². The number of anilines is 1. The van der Waals surface area contributed by atoms with Crippen LogP contribution in [-0.4, -0.2) is 30.3 Å². The van der Waals surface area contributed by atoms with Crippen LogP contribution < -0.4 is 16.0 Å². The summed E-state index contributed by atoms with van der Waals surface area (Å²) < 4.78 is 0. The second-order valence-corrected chi connectivity index (χ2v) is 7.98. The molecular weight excluding hydrogens is 378 g/mol. The topological polar surface area (TPSA) is 87.3 Å². The smallest absolute Gasteiger partial charge is 0.252 e. The molecule has 0 saturated carbocycles. The maximum atomic E-state index is 12.7. The number of hydrogen-bond acceptors (Lipinski definition) is 3. The third-order valence-corrected chi connectivity index (χ3v) is 5.02. The highest BCUT2D eigenvalue weighted by Gasteiger charge is 2.23. The molecule has 6 nitrogen and oxygen atoms in total. The maximum absolute atomic E-state index is 12.7. The molecule has 0 unspecified atom stereocenters. The third-order valence-electron chi connectivity index (χ3n) is 5.02. The number of carbonyl (C=O) groups is 3. The van der Waals surface area contributed by atoms with Crippen LogP contribution in [0.2, 0.25) is 0 Å². The van der Waals surface area contributed by atoms with Gasteiger partial charge in [-0.15, -0.1) is 0 Å². The zero-order chi connectivity index (χ0) is 22.3. The van der Waals surface area contributed by atoms with Gasteiger partial charge in [0.15, 0.2) is 0 Å². The minimum atomic E-state index is -0.717. The SMILES string of the molecule is Cc1ccccc1C(=O)N[C@@H](CC(C)C)C(=O)NCC(=O)Nc1cccc(C)c1C. The summed E-state index contributed by atoms with van der Waals surface area (Å²) in [4.78, 5) is 37.6. The first-order valence-corrected chi connectivity index (χ1v) is 10.2. The fourth-order valence-corrected chi connectivity index (χ4v) is 3.14. The van der Waals surface area contributed by atoms with Crippen molar-refractivity contribution in [3.63, 3.8) is 0 Å². The van der Waals surface area contributed by atoms with Gasteiger partial charge in [0.2, 0.25) is 11.8 Å². The quantitative estimate of drug-likeness (QED) is 0.623. The first kappa shape index (κ1) is 23.1. The molecule has 0 heterocycles. The van der Waals surface area contributed by atoms with E-state index in [1.54, 1.807) is 12.1 Å². The van der Waals surface area contributed by atoms with Gasteiger partial charge >= 0.3 is 0 Å².